The Hall–Kier alpha value is -2.33. The van der Waals surface area contributed by atoms with Crippen LogP contribution in [-0.4, -0.2) is 22.5 Å². The summed E-state index contributed by atoms with van der Waals surface area (Å²) in [6.45, 7) is 2.05. The molecule has 0 aliphatic rings. The number of aromatic nitrogens is 2. The monoisotopic (exact) mass is 300 g/mol. The Morgan fingerprint density at radius 3 is 2.81 bits per heavy atom. The van der Waals surface area contributed by atoms with E-state index in [0.717, 1.165) is 11.0 Å². The fraction of sp³-hybridized carbons (Fsp3) is 0.125. The fourth-order valence-electron chi connectivity index (χ4n) is 2.21. The minimum absolute atomic E-state index is 0.295. The van der Waals surface area contributed by atoms with Gasteiger partial charge in [-0.15, -0.1) is 0 Å². The van der Waals surface area contributed by atoms with Gasteiger partial charge >= 0.3 is 5.97 Å². The highest BCUT2D eigenvalue weighted by atomic mass is 35.5. The summed E-state index contributed by atoms with van der Waals surface area (Å²) in [4.78, 5) is 19.8. The molecule has 0 radical (unpaired) electrons. The number of carbonyl (C=O) groups excluding carboxylic acids is 1. The predicted molar refractivity (Wildman–Crippen MR) is 82.5 cm³/mol. The van der Waals surface area contributed by atoms with Gasteiger partial charge in [-0.25, -0.2) is 9.78 Å². The molecule has 4 nitrogen and oxygen atoms in total. The Bertz CT molecular complexity index is 778. The van der Waals surface area contributed by atoms with Crippen molar-refractivity contribution in [2.24, 2.45) is 0 Å². The van der Waals surface area contributed by atoms with Crippen LogP contribution >= 0.6 is 11.6 Å². The summed E-state index contributed by atoms with van der Waals surface area (Å²) in [5, 5.41) is 0.353. The van der Waals surface area contributed by atoms with Gasteiger partial charge in [-0.05, 0) is 25.1 Å². The maximum Gasteiger partial charge on any atom is 0.340 e. The number of hydrogen-bond acceptors (Lipinski definition) is 3. The number of carbonyl (C=O) groups is 1. The summed E-state index contributed by atoms with van der Waals surface area (Å²) in [6.07, 6.45) is 0. The van der Waals surface area contributed by atoms with Crippen molar-refractivity contribution in [1.82, 2.24) is 9.97 Å². The maximum atomic E-state index is 12.1. The lowest BCUT2D eigenvalue weighted by Crippen LogP contribution is -2.07. The van der Waals surface area contributed by atoms with Gasteiger partial charge in [0.25, 0.3) is 0 Å². The molecule has 0 saturated heterocycles. The first-order valence-corrected chi connectivity index (χ1v) is 6.99. The third kappa shape index (κ3) is 2.50. The summed E-state index contributed by atoms with van der Waals surface area (Å²) in [7, 11) is 0. The molecule has 1 aromatic heterocycles. The minimum Gasteiger partial charge on any atom is -0.462 e. The smallest absolute Gasteiger partial charge is 0.340 e. The second kappa shape index (κ2) is 5.58. The molecular weight excluding hydrogens is 288 g/mol. The van der Waals surface area contributed by atoms with Crippen LogP contribution in [0.15, 0.2) is 42.5 Å². The molecule has 1 N–H and O–H groups in total. The van der Waals surface area contributed by atoms with E-state index in [9.17, 15) is 4.79 Å². The summed E-state index contributed by atoms with van der Waals surface area (Å²) < 4.78 is 5.08. The normalized spacial score (nSPS) is 10.8. The van der Waals surface area contributed by atoms with Crippen LogP contribution in [-0.2, 0) is 4.74 Å². The number of benzene rings is 2. The van der Waals surface area contributed by atoms with Crippen LogP contribution in [0.4, 0.5) is 0 Å². The van der Waals surface area contributed by atoms with E-state index in [-0.39, 0.29) is 0 Å². The van der Waals surface area contributed by atoms with Crippen molar-refractivity contribution in [3.05, 3.63) is 53.1 Å². The number of nitrogens with one attached hydrogen (secondary N) is 1. The summed E-state index contributed by atoms with van der Waals surface area (Å²) in [5.74, 6) is 0.153. The largest absolute Gasteiger partial charge is 0.462 e. The molecule has 0 spiro atoms. The Balaban J connectivity index is 2.17. The Labute approximate surface area is 126 Å². The molecule has 3 aromatic rings. The molecule has 0 atom stereocenters. The van der Waals surface area contributed by atoms with Gasteiger partial charge in [-0.3, -0.25) is 0 Å². The van der Waals surface area contributed by atoms with Gasteiger partial charge in [0.15, 0.2) is 0 Å². The maximum absolute atomic E-state index is 12.1. The molecule has 0 amide bonds. The number of H-pyrrole nitrogens is 1. The number of hydrogen-bond donors (Lipinski definition) is 1. The molecule has 0 aliphatic carbocycles. The predicted octanol–water partition coefficient (Wildman–Crippen LogP) is 4.06. The van der Waals surface area contributed by atoms with Crippen LogP contribution in [0, 0.1) is 0 Å². The summed E-state index contributed by atoms with van der Waals surface area (Å²) in [6, 6.07) is 12.9. The van der Waals surface area contributed by atoms with E-state index in [4.69, 9.17) is 16.3 Å². The number of imidazole rings is 1. The first-order chi connectivity index (χ1) is 10.2. The summed E-state index contributed by atoms with van der Waals surface area (Å²) >= 11 is 6.17. The van der Waals surface area contributed by atoms with Crippen molar-refractivity contribution in [1.29, 1.82) is 0 Å². The van der Waals surface area contributed by atoms with Crippen molar-refractivity contribution in [2.75, 3.05) is 6.61 Å². The van der Waals surface area contributed by atoms with E-state index in [2.05, 4.69) is 9.97 Å². The molecule has 3 rings (SSSR count). The van der Waals surface area contributed by atoms with E-state index >= 15 is 0 Å². The number of halogens is 1. The van der Waals surface area contributed by atoms with Crippen molar-refractivity contribution in [2.45, 2.75) is 6.92 Å². The Morgan fingerprint density at radius 1 is 1.24 bits per heavy atom. The van der Waals surface area contributed by atoms with Crippen molar-refractivity contribution in [3.8, 4) is 11.4 Å². The molecule has 0 aliphatic heterocycles. The summed E-state index contributed by atoms with van der Waals surface area (Å²) in [5.41, 5.74) is 2.71. The lowest BCUT2D eigenvalue weighted by atomic mass is 10.1. The van der Waals surface area contributed by atoms with E-state index < -0.39 is 5.97 Å². The average Bonchev–Trinajstić information content (AvgIpc) is 2.91. The number of para-hydroxylation sites is 2. The van der Waals surface area contributed by atoms with Gasteiger partial charge in [0.05, 0.1) is 28.2 Å². The zero-order valence-electron chi connectivity index (χ0n) is 11.4. The average molecular weight is 301 g/mol. The second-order valence-corrected chi connectivity index (χ2v) is 4.89. The molecule has 1 heterocycles. The van der Waals surface area contributed by atoms with Crippen LogP contribution in [0.3, 0.4) is 0 Å². The van der Waals surface area contributed by atoms with Gasteiger partial charge in [0, 0.05) is 5.56 Å². The van der Waals surface area contributed by atoms with E-state index in [1.54, 1.807) is 25.1 Å². The number of fused-ring (bicyclic) bond motifs is 1. The first-order valence-electron chi connectivity index (χ1n) is 6.61. The SMILES string of the molecule is CCOC(=O)c1c(Cl)cccc1-c1nc2ccccc2[nH]1. The van der Waals surface area contributed by atoms with Crippen LogP contribution in [0.1, 0.15) is 17.3 Å². The van der Waals surface area contributed by atoms with Gasteiger partial charge in [0.1, 0.15) is 5.82 Å². The van der Waals surface area contributed by atoms with Crippen LogP contribution in [0.2, 0.25) is 5.02 Å². The second-order valence-electron chi connectivity index (χ2n) is 4.49. The highest BCUT2D eigenvalue weighted by Crippen LogP contribution is 2.29. The molecule has 106 valence electrons. The van der Waals surface area contributed by atoms with Crippen molar-refractivity contribution in [3.63, 3.8) is 0 Å². The molecule has 2 aromatic carbocycles. The molecular formula is C16H13ClN2O2. The zero-order valence-corrected chi connectivity index (χ0v) is 12.1. The van der Waals surface area contributed by atoms with Gasteiger partial charge in [-0.2, -0.15) is 0 Å². The number of aromatic amines is 1. The molecule has 0 unspecified atom stereocenters. The topological polar surface area (TPSA) is 55.0 Å². The minimum atomic E-state index is -0.446. The third-order valence-corrected chi connectivity index (χ3v) is 3.45. The van der Waals surface area contributed by atoms with Crippen LogP contribution < -0.4 is 0 Å². The molecule has 0 bridgehead atoms. The van der Waals surface area contributed by atoms with E-state index in [0.29, 0.717) is 28.6 Å². The standard InChI is InChI=1S/C16H13ClN2O2/c1-2-21-16(20)14-10(6-5-7-11(14)17)15-18-12-8-3-4-9-13(12)19-15/h3-9H,2H2,1H3,(H,18,19). The van der Waals surface area contributed by atoms with Crippen LogP contribution in [0.5, 0.6) is 0 Å². The highest BCUT2D eigenvalue weighted by Gasteiger charge is 2.19. The fourth-order valence-corrected chi connectivity index (χ4v) is 2.46. The Morgan fingerprint density at radius 2 is 2.05 bits per heavy atom. The molecule has 0 saturated carbocycles. The number of nitrogens with zero attached hydrogens (tertiary/aromatic N) is 1. The van der Waals surface area contributed by atoms with Gasteiger partial charge in [0.2, 0.25) is 0 Å². The zero-order chi connectivity index (χ0) is 14.8. The highest BCUT2D eigenvalue weighted by molar-refractivity contribution is 6.34. The van der Waals surface area contributed by atoms with Crippen molar-refractivity contribution >= 4 is 28.6 Å². The van der Waals surface area contributed by atoms with E-state index in [1.165, 1.54) is 0 Å². The van der Waals surface area contributed by atoms with E-state index in [1.807, 2.05) is 24.3 Å². The lowest BCUT2D eigenvalue weighted by Gasteiger charge is -2.08. The number of esters is 1. The number of rotatable bonds is 3. The van der Waals surface area contributed by atoms with Gasteiger partial charge < -0.3 is 9.72 Å². The van der Waals surface area contributed by atoms with Crippen molar-refractivity contribution < 1.29 is 9.53 Å². The molecule has 5 heteroatoms. The third-order valence-electron chi connectivity index (χ3n) is 3.14. The molecule has 0 fully saturated rings. The molecule has 21 heavy (non-hydrogen) atoms. The number of ether oxygens (including phenoxy) is 1. The lowest BCUT2D eigenvalue weighted by molar-refractivity contribution is 0.0527. The quantitative estimate of drug-likeness (QED) is 0.742. The van der Waals surface area contributed by atoms with Crippen LogP contribution in [0.25, 0.3) is 22.4 Å². The Kier molecular flexibility index (Phi) is 3.62. The first kappa shape index (κ1) is 13.6. The van der Waals surface area contributed by atoms with Gasteiger partial charge in [-0.1, -0.05) is 35.9 Å².